The minimum atomic E-state index is -4.87. The van der Waals surface area contributed by atoms with Gasteiger partial charge in [-0.3, -0.25) is 0 Å². The number of nitrogens with zero attached hydrogens (tertiary/aromatic N) is 2. The van der Waals surface area contributed by atoms with E-state index >= 15 is 0 Å². The molecule has 0 fully saturated rings. The van der Waals surface area contributed by atoms with Gasteiger partial charge in [0.25, 0.3) is 0 Å². The van der Waals surface area contributed by atoms with Gasteiger partial charge in [0.2, 0.25) is 0 Å². The Hall–Kier alpha value is -2.61. The third-order valence-corrected chi connectivity index (χ3v) is 5.76. The Kier molecular flexibility index (Phi) is 6.06. The lowest BCUT2D eigenvalue weighted by atomic mass is 9.73. The lowest BCUT2D eigenvalue weighted by Crippen LogP contribution is -2.50. The second-order valence-corrected chi connectivity index (χ2v) is 8.72. The van der Waals surface area contributed by atoms with Crippen molar-refractivity contribution in [3.8, 4) is 0 Å². The summed E-state index contributed by atoms with van der Waals surface area (Å²) in [6.07, 6.45) is -4.57. The number of H-pyrrole nitrogens is 1. The molecule has 4 nitrogen and oxygen atoms in total. The van der Waals surface area contributed by atoms with Gasteiger partial charge in [-0.1, -0.05) is 26.0 Å². The molecule has 1 aromatic carbocycles. The van der Waals surface area contributed by atoms with Crippen LogP contribution >= 0.6 is 0 Å². The van der Waals surface area contributed by atoms with Crippen LogP contribution in [-0.2, 0) is 11.8 Å². The first-order chi connectivity index (χ1) is 14.3. The van der Waals surface area contributed by atoms with E-state index in [4.69, 9.17) is 0 Å². The number of aromatic amines is 1. The fourth-order valence-electron chi connectivity index (χ4n) is 3.87. The first kappa shape index (κ1) is 23.1. The number of aromatic nitrogens is 2. The monoisotopic (exact) mass is 437 g/mol. The highest BCUT2D eigenvalue weighted by Crippen LogP contribution is 2.43. The summed E-state index contributed by atoms with van der Waals surface area (Å²) in [4.78, 5) is 9.18. The largest absolute Gasteiger partial charge is 0.417 e. The third-order valence-electron chi connectivity index (χ3n) is 5.76. The van der Waals surface area contributed by atoms with Gasteiger partial charge in [-0.05, 0) is 48.6 Å². The number of nitrogens with one attached hydrogen (secondary N) is 1. The van der Waals surface area contributed by atoms with Gasteiger partial charge in [-0.25, -0.2) is 9.37 Å². The highest BCUT2D eigenvalue weighted by molar-refractivity contribution is 5.82. The van der Waals surface area contributed by atoms with Crippen molar-refractivity contribution in [2.24, 2.45) is 0 Å². The van der Waals surface area contributed by atoms with Gasteiger partial charge in [-0.2, -0.15) is 13.2 Å². The maximum absolute atomic E-state index is 14.0. The highest BCUT2D eigenvalue weighted by Gasteiger charge is 2.56. The molecule has 0 radical (unpaired) electrons. The van der Waals surface area contributed by atoms with Crippen molar-refractivity contribution in [3.05, 3.63) is 59.7 Å². The number of anilines is 1. The second-order valence-electron chi connectivity index (χ2n) is 8.72. The van der Waals surface area contributed by atoms with Gasteiger partial charge in [0.05, 0.1) is 11.7 Å². The number of rotatable bonds is 7. The van der Waals surface area contributed by atoms with E-state index in [-0.39, 0.29) is 5.69 Å². The lowest BCUT2D eigenvalue weighted by Gasteiger charge is -2.38. The number of benzene rings is 1. The summed E-state index contributed by atoms with van der Waals surface area (Å²) < 4.78 is 55.7. The maximum Gasteiger partial charge on any atom is 0.417 e. The predicted octanol–water partition coefficient (Wildman–Crippen LogP) is 5.36. The quantitative estimate of drug-likeness (QED) is 0.489. The van der Waals surface area contributed by atoms with Crippen molar-refractivity contribution in [3.63, 3.8) is 0 Å². The molecule has 0 amide bonds. The molecule has 168 valence electrons. The van der Waals surface area contributed by atoms with E-state index in [1.165, 1.54) is 18.2 Å². The molecule has 0 saturated carbocycles. The van der Waals surface area contributed by atoms with Gasteiger partial charge < -0.3 is 15.0 Å². The highest BCUT2D eigenvalue weighted by atomic mass is 19.4. The summed E-state index contributed by atoms with van der Waals surface area (Å²) in [5.74, 6) is 0.177. The molecule has 1 unspecified atom stereocenters. The van der Waals surface area contributed by atoms with Gasteiger partial charge in [0.15, 0.2) is 5.60 Å². The number of hydrogen-bond donors (Lipinski definition) is 2. The molecule has 2 aromatic heterocycles. The number of alkyl halides is 3. The molecule has 3 rings (SSSR count). The molecular weight excluding hydrogens is 410 g/mol. The topological polar surface area (TPSA) is 52.1 Å². The van der Waals surface area contributed by atoms with Crippen LogP contribution in [0.25, 0.3) is 10.9 Å². The standard InChI is InChI=1S/C23H27F4N3O/c1-5-30(4)20-10-15-9-18(29-19(15)13-28-20)12-22(31,23(25,26)27)14-21(2,3)16-7-6-8-17(24)11-16/h6-11,13,29,31H,5,12,14H2,1-4H3. The van der Waals surface area contributed by atoms with E-state index in [1.807, 2.05) is 18.9 Å². The van der Waals surface area contributed by atoms with Crippen LogP contribution in [0, 0.1) is 5.82 Å². The van der Waals surface area contributed by atoms with Crippen LogP contribution < -0.4 is 4.90 Å². The van der Waals surface area contributed by atoms with Gasteiger partial charge in [0.1, 0.15) is 11.6 Å². The number of aliphatic hydroxyl groups is 1. The molecule has 0 spiro atoms. The van der Waals surface area contributed by atoms with Gasteiger partial charge in [0, 0.05) is 31.1 Å². The van der Waals surface area contributed by atoms with Crippen LogP contribution in [0.4, 0.5) is 23.4 Å². The Balaban J connectivity index is 1.94. The molecule has 3 aromatic rings. The van der Waals surface area contributed by atoms with Crippen molar-refractivity contribution in [2.75, 3.05) is 18.5 Å². The van der Waals surface area contributed by atoms with Crippen LogP contribution in [0.3, 0.4) is 0 Å². The fourth-order valence-corrected chi connectivity index (χ4v) is 3.87. The van der Waals surface area contributed by atoms with E-state index in [2.05, 4.69) is 9.97 Å². The zero-order valence-corrected chi connectivity index (χ0v) is 18.0. The lowest BCUT2D eigenvalue weighted by molar-refractivity contribution is -0.266. The van der Waals surface area contributed by atoms with E-state index in [1.54, 1.807) is 38.2 Å². The van der Waals surface area contributed by atoms with E-state index in [0.29, 0.717) is 22.3 Å². The Labute approximate surface area is 178 Å². The molecule has 1 atom stereocenters. The first-order valence-electron chi connectivity index (χ1n) is 10.1. The molecule has 0 saturated heterocycles. The normalized spacial score (nSPS) is 14.6. The predicted molar refractivity (Wildman–Crippen MR) is 114 cm³/mol. The van der Waals surface area contributed by atoms with Crippen LogP contribution in [0.5, 0.6) is 0 Å². The molecule has 0 aliphatic carbocycles. The van der Waals surface area contributed by atoms with Crippen molar-refractivity contribution >= 4 is 16.7 Å². The van der Waals surface area contributed by atoms with E-state index < -0.39 is 35.9 Å². The molecule has 2 N–H and O–H groups in total. The summed E-state index contributed by atoms with van der Waals surface area (Å²) in [5, 5.41) is 11.5. The Bertz CT molecular complexity index is 1060. The summed E-state index contributed by atoms with van der Waals surface area (Å²) in [6, 6.07) is 8.86. The average molecular weight is 437 g/mol. The average Bonchev–Trinajstić information content (AvgIpc) is 3.07. The Morgan fingerprint density at radius 2 is 1.84 bits per heavy atom. The third kappa shape index (κ3) is 4.84. The second kappa shape index (κ2) is 8.15. The zero-order chi connectivity index (χ0) is 23.0. The molecule has 0 aliphatic heterocycles. The number of halogens is 4. The van der Waals surface area contributed by atoms with Crippen LogP contribution in [-0.4, -0.2) is 40.4 Å². The molecule has 8 heteroatoms. The van der Waals surface area contributed by atoms with Crippen molar-refractivity contribution in [1.82, 2.24) is 9.97 Å². The first-order valence-corrected chi connectivity index (χ1v) is 10.1. The van der Waals surface area contributed by atoms with Gasteiger partial charge in [-0.15, -0.1) is 0 Å². The minimum Gasteiger partial charge on any atom is -0.380 e. The van der Waals surface area contributed by atoms with Crippen molar-refractivity contribution in [2.45, 2.75) is 50.8 Å². The van der Waals surface area contributed by atoms with Crippen molar-refractivity contribution in [1.29, 1.82) is 0 Å². The summed E-state index contributed by atoms with van der Waals surface area (Å²) in [7, 11) is 1.87. The molecular formula is C23H27F4N3O. The molecule has 2 heterocycles. The number of pyridine rings is 1. The minimum absolute atomic E-state index is 0.253. The zero-order valence-electron chi connectivity index (χ0n) is 18.0. The number of hydrogen-bond acceptors (Lipinski definition) is 3. The summed E-state index contributed by atoms with van der Waals surface area (Å²) in [5.41, 5.74) is -2.87. The van der Waals surface area contributed by atoms with Gasteiger partial charge >= 0.3 is 6.18 Å². The molecule has 31 heavy (non-hydrogen) atoms. The van der Waals surface area contributed by atoms with E-state index in [9.17, 15) is 22.7 Å². The smallest absolute Gasteiger partial charge is 0.380 e. The SMILES string of the molecule is CCN(C)c1cc2cc(CC(O)(CC(C)(C)c3cccc(F)c3)C(F)(F)F)[nH]c2cn1. The van der Waals surface area contributed by atoms with E-state index in [0.717, 1.165) is 6.54 Å². The molecule has 0 aliphatic rings. The fraction of sp³-hybridized carbons (Fsp3) is 0.435. The molecule has 0 bridgehead atoms. The summed E-state index contributed by atoms with van der Waals surface area (Å²) in [6.45, 7) is 5.85. The Morgan fingerprint density at radius 3 is 2.45 bits per heavy atom. The number of fused-ring (bicyclic) bond motifs is 1. The van der Waals surface area contributed by atoms with Crippen LogP contribution in [0.1, 0.15) is 38.4 Å². The van der Waals surface area contributed by atoms with Crippen molar-refractivity contribution < 1.29 is 22.7 Å². The Morgan fingerprint density at radius 1 is 1.13 bits per heavy atom. The maximum atomic E-state index is 14.0. The summed E-state index contributed by atoms with van der Waals surface area (Å²) >= 11 is 0. The van der Waals surface area contributed by atoms with Crippen LogP contribution in [0.2, 0.25) is 0 Å². The van der Waals surface area contributed by atoms with Crippen LogP contribution in [0.15, 0.2) is 42.6 Å².